The third kappa shape index (κ3) is 3.37. The second kappa shape index (κ2) is 6.78. The minimum absolute atomic E-state index is 0.0210. The summed E-state index contributed by atoms with van der Waals surface area (Å²) in [5, 5.41) is 2.52. The number of sulfonamides is 1. The van der Waals surface area contributed by atoms with Crippen molar-refractivity contribution in [2.24, 2.45) is 0 Å². The van der Waals surface area contributed by atoms with Crippen molar-refractivity contribution in [2.45, 2.75) is 31.3 Å². The Labute approximate surface area is 141 Å². The molecule has 0 bridgehead atoms. The number of furan rings is 1. The van der Waals surface area contributed by atoms with E-state index in [9.17, 15) is 13.2 Å². The highest BCUT2D eigenvalue weighted by Crippen LogP contribution is 2.23. The molecule has 0 saturated carbocycles. The van der Waals surface area contributed by atoms with E-state index in [2.05, 4.69) is 12.2 Å². The van der Waals surface area contributed by atoms with Gasteiger partial charge in [0.05, 0.1) is 0 Å². The predicted octanol–water partition coefficient (Wildman–Crippen LogP) is 2.88. The van der Waals surface area contributed by atoms with Crippen LogP contribution in [0.2, 0.25) is 0 Å². The highest BCUT2D eigenvalue weighted by Gasteiger charge is 2.30. The van der Waals surface area contributed by atoms with Crippen molar-refractivity contribution < 1.29 is 17.6 Å². The molecule has 0 radical (unpaired) electrons. The summed E-state index contributed by atoms with van der Waals surface area (Å²) in [4.78, 5) is 12.2. The van der Waals surface area contributed by atoms with Gasteiger partial charge in [0.25, 0.3) is 15.9 Å². The number of anilines is 1. The number of hydrogen-bond donors (Lipinski definition) is 1. The smallest absolute Gasteiger partial charge is 0.291 e. The van der Waals surface area contributed by atoms with Crippen molar-refractivity contribution >= 4 is 21.6 Å². The molecule has 1 aliphatic heterocycles. The molecule has 7 heteroatoms. The quantitative estimate of drug-likeness (QED) is 0.901. The average molecular weight is 348 g/mol. The summed E-state index contributed by atoms with van der Waals surface area (Å²) in [6, 6.07) is 10.2. The van der Waals surface area contributed by atoms with Crippen LogP contribution in [-0.4, -0.2) is 31.7 Å². The molecule has 128 valence electrons. The average Bonchev–Trinajstić information content (AvgIpc) is 3.27. The molecule has 0 atom stereocenters. The van der Waals surface area contributed by atoms with Crippen LogP contribution < -0.4 is 5.32 Å². The number of rotatable bonds is 5. The summed E-state index contributed by atoms with van der Waals surface area (Å²) < 4.78 is 31.5. The SMILES string of the molecule is CCc1ccc(NC(=O)c2ccc(S(=O)(=O)N3CCCC3)o2)cc1. The highest BCUT2D eigenvalue weighted by atomic mass is 32.2. The van der Waals surface area contributed by atoms with Crippen molar-refractivity contribution in [3.63, 3.8) is 0 Å². The van der Waals surface area contributed by atoms with Crippen molar-refractivity contribution in [2.75, 3.05) is 18.4 Å². The van der Waals surface area contributed by atoms with E-state index in [1.54, 1.807) is 0 Å². The molecular formula is C17H20N2O4S. The Kier molecular flexibility index (Phi) is 4.73. The van der Waals surface area contributed by atoms with Gasteiger partial charge in [0.2, 0.25) is 5.09 Å². The third-order valence-corrected chi connectivity index (χ3v) is 5.86. The van der Waals surface area contributed by atoms with E-state index in [0.29, 0.717) is 18.8 Å². The van der Waals surface area contributed by atoms with E-state index in [0.717, 1.165) is 19.3 Å². The van der Waals surface area contributed by atoms with Gasteiger partial charge in [-0.1, -0.05) is 19.1 Å². The second-order valence-electron chi connectivity index (χ2n) is 5.73. The van der Waals surface area contributed by atoms with Crippen LogP contribution >= 0.6 is 0 Å². The van der Waals surface area contributed by atoms with Gasteiger partial charge < -0.3 is 9.73 Å². The maximum Gasteiger partial charge on any atom is 0.291 e. The molecule has 1 aromatic carbocycles. The van der Waals surface area contributed by atoms with E-state index >= 15 is 0 Å². The molecule has 0 spiro atoms. The maximum absolute atomic E-state index is 12.4. The maximum atomic E-state index is 12.4. The van der Waals surface area contributed by atoms with Gasteiger partial charge in [-0.3, -0.25) is 4.79 Å². The normalized spacial score (nSPS) is 15.5. The summed E-state index contributed by atoms with van der Waals surface area (Å²) in [5.41, 5.74) is 1.81. The zero-order valence-electron chi connectivity index (χ0n) is 13.5. The number of nitrogens with zero attached hydrogens (tertiary/aromatic N) is 1. The first-order valence-electron chi connectivity index (χ1n) is 8.01. The lowest BCUT2D eigenvalue weighted by molar-refractivity contribution is 0.0991. The molecule has 1 aliphatic rings. The number of aryl methyl sites for hydroxylation is 1. The Morgan fingerprint density at radius 3 is 2.42 bits per heavy atom. The first-order valence-corrected chi connectivity index (χ1v) is 9.45. The summed E-state index contributed by atoms with van der Waals surface area (Å²) in [7, 11) is -3.65. The molecule has 1 N–H and O–H groups in total. The van der Waals surface area contributed by atoms with Crippen LogP contribution in [-0.2, 0) is 16.4 Å². The van der Waals surface area contributed by atoms with Crippen LogP contribution in [0.5, 0.6) is 0 Å². The third-order valence-electron chi connectivity index (χ3n) is 4.08. The van der Waals surface area contributed by atoms with Gasteiger partial charge in [0.1, 0.15) is 0 Å². The predicted molar refractivity (Wildman–Crippen MR) is 90.5 cm³/mol. The fraction of sp³-hybridized carbons (Fsp3) is 0.353. The van der Waals surface area contributed by atoms with E-state index < -0.39 is 15.9 Å². The molecule has 0 unspecified atom stereocenters. The Morgan fingerprint density at radius 1 is 1.12 bits per heavy atom. The topological polar surface area (TPSA) is 79.6 Å². The van der Waals surface area contributed by atoms with E-state index in [-0.39, 0.29) is 10.9 Å². The number of benzene rings is 1. The molecule has 0 aliphatic carbocycles. The summed E-state index contributed by atoms with van der Waals surface area (Å²) >= 11 is 0. The van der Waals surface area contributed by atoms with Gasteiger partial charge in [-0.2, -0.15) is 4.31 Å². The molecule has 2 aromatic rings. The van der Waals surface area contributed by atoms with Crippen LogP contribution in [0.3, 0.4) is 0 Å². The summed E-state index contributed by atoms with van der Waals surface area (Å²) in [6.07, 6.45) is 2.62. The molecular weight excluding hydrogens is 328 g/mol. The van der Waals surface area contributed by atoms with Gasteiger partial charge in [-0.05, 0) is 49.1 Å². The number of amides is 1. The summed E-state index contributed by atoms with van der Waals surface area (Å²) in [6.45, 7) is 3.04. The molecule has 3 rings (SSSR count). The van der Waals surface area contributed by atoms with Gasteiger partial charge in [0, 0.05) is 18.8 Å². The molecule has 2 heterocycles. The van der Waals surface area contributed by atoms with Gasteiger partial charge in [-0.25, -0.2) is 8.42 Å². The van der Waals surface area contributed by atoms with E-state index in [1.165, 1.54) is 22.0 Å². The Hall–Kier alpha value is -2.12. The molecule has 1 saturated heterocycles. The van der Waals surface area contributed by atoms with Crippen LogP contribution in [0.1, 0.15) is 35.9 Å². The highest BCUT2D eigenvalue weighted by molar-refractivity contribution is 7.89. The number of carbonyl (C=O) groups is 1. The Bertz CT molecular complexity index is 819. The molecule has 6 nitrogen and oxygen atoms in total. The summed E-state index contributed by atoms with van der Waals surface area (Å²) in [5.74, 6) is -0.491. The largest absolute Gasteiger partial charge is 0.438 e. The van der Waals surface area contributed by atoms with Crippen LogP contribution in [0.25, 0.3) is 0 Å². The first kappa shape index (κ1) is 16.7. The van der Waals surface area contributed by atoms with Crippen molar-refractivity contribution in [1.29, 1.82) is 0 Å². The minimum atomic E-state index is -3.65. The standard InChI is InChI=1S/C17H20N2O4S/c1-2-13-5-7-14(8-6-13)18-17(20)15-9-10-16(23-15)24(21,22)19-11-3-4-12-19/h5-10H,2-4,11-12H2,1H3,(H,18,20). The van der Waals surface area contributed by atoms with Crippen molar-refractivity contribution in [3.05, 3.63) is 47.7 Å². The van der Waals surface area contributed by atoms with Crippen LogP contribution in [0.4, 0.5) is 5.69 Å². The lowest BCUT2D eigenvalue weighted by Gasteiger charge is -2.12. The van der Waals surface area contributed by atoms with Crippen molar-refractivity contribution in [3.8, 4) is 0 Å². The molecule has 1 amide bonds. The van der Waals surface area contributed by atoms with Gasteiger partial charge in [-0.15, -0.1) is 0 Å². The van der Waals surface area contributed by atoms with E-state index in [4.69, 9.17) is 4.42 Å². The Balaban J connectivity index is 1.73. The monoisotopic (exact) mass is 348 g/mol. The van der Waals surface area contributed by atoms with E-state index in [1.807, 2.05) is 24.3 Å². The zero-order valence-corrected chi connectivity index (χ0v) is 14.3. The van der Waals surface area contributed by atoms with Gasteiger partial charge >= 0.3 is 0 Å². The molecule has 24 heavy (non-hydrogen) atoms. The zero-order chi connectivity index (χ0) is 17.2. The number of hydrogen-bond acceptors (Lipinski definition) is 4. The lowest BCUT2D eigenvalue weighted by atomic mass is 10.1. The van der Waals surface area contributed by atoms with Gasteiger partial charge in [0.15, 0.2) is 5.76 Å². The minimum Gasteiger partial charge on any atom is -0.438 e. The fourth-order valence-corrected chi connectivity index (χ4v) is 4.08. The second-order valence-corrected chi connectivity index (χ2v) is 7.60. The number of carbonyl (C=O) groups excluding carboxylic acids is 1. The Morgan fingerprint density at radius 2 is 1.79 bits per heavy atom. The fourth-order valence-electron chi connectivity index (χ4n) is 2.65. The lowest BCUT2D eigenvalue weighted by Crippen LogP contribution is -2.27. The molecule has 1 fully saturated rings. The number of nitrogens with one attached hydrogen (secondary N) is 1. The van der Waals surface area contributed by atoms with Crippen molar-refractivity contribution in [1.82, 2.24) is 4.31 Å². The molecule has 1 aromatic heterocycles. The van der Waals surface area contributed by atoms with Crippen LogP contribution in [0.15, 0.2) is 45.9 Å². The first-order chi connectivity index (χ1) is 11.5. The van der Waals surface area contributed by atoms with Crippen LogP contribution in [0, 0.1) is 0 Å².